The molecule has 1 unspecified atom stereocenters. The molecule has 6 heteroatoms. The molecule has 0 spiro atoms. The molecular formula is C15H25ClN2O3. The minimum atomic E-state index is -0.581. The van der Waals surface area contributed by atoms with E-state index in [1.807, 2.05) is 26.2 Å². The summed E-state index contributed by atoms with van der Waals surface area (Å²) in [6.45, 7) is 3.63. The molecule has 0 bridgehead atoms. The third-order valence-electron chi connectivity index (χ3n) is 2.75. The van der Waals surface area contributed by atoms with Gasteiger partial charge in [-0.25, -0.2) is 0 Å². The Morgan fingerprint density at radius 2 is 2.05 bits per heavy atom. The molecule has 5 nitrogen and oxygen atoms in total. The van der Waals surface area contributed by atoms with E-state index in [0.717, 1.165) is 6.54 Å². The molecule has 0 aromatic heterocycles. The molecule has 1 aromatic rings. The van der Waals surface area contributed by atoms with Gasteiger partial charge in [-0.15, -0.1) is 0 Å². The number of hydrogen-bond donors (Lipinski definition) is 2. The van der Waals surface area contributed by atoms with Gasteiger partial charge in [0.25, 0.3) is 0 Å². The van der Waals surface area contributed by atoms with Crippen LogP contribution >= 0.6 is 11.6 Å². The zero-order chi connectivity index (χ0) is 15.5. The van der Waals surface area contributed by atoms with E-state index in [-0.39, 0.29) is 6.61 Å². The molecular weight excluding hydrogens is 292 g/mol. The molecule has 0 amide bonds. The first-order chi connectivity index (χ1) is 10.1. The summed E-state index contributed by atoms with van der Waals surface area (Å²) in [6, 6.07) is 7.22. The van der Waals surface area contributed by atoms with Crippen LogP contribution in [0.2, 0.25) is 5.02 Å². The van der Waals surface area contributed by atoms with Gasteiger partial charge in [0.1, 0.15) is 18.5 Å². The number of nitrogens with one attached hydrogen (secondary N) is 1. The second-order valence-corrected chi connectivity index (χ2v) is 5.42. The summed E-state index contributed by atoms with van der Waals surface area (Å²) in [5.74, 6) is 0.588. The molecule has 120 valence electrons. The molecule has 0 radical (unpaired) electrons. The molecule has 1 rings (SSSR count). The summed E-state index contributed by atoms with van der Waals surface area (Å²) in [6.07, 6.45) is -0.581. The molecule has 21 heavy (non-hydrogen) atoms. The van der Waals surface area contributed by atoms with Gasteiger partial charge in [0.05, 0.1) is 18.2 Å². The monoisotopic (exact) mass is 316 g/mol. The van der Waals surface area contributed by atoms with Crippen molar-refractivity contribution in [2.45, 2.75) is 6.10 Å². The van der Waals surface area contributed by atoms with Crippen molar-refractivity contribution in [2.24, 2.45) is 0 Å². The van der Waals surface area contributed by atoms with Gasteiger partial charge in [-0.1, -0.05) is 23.7 Å². The highest BCUT2D eigenvalue weighted by atomic mass is 35.5. The number of nitrogens with zero attached hydrogens (tertiary/aromatic N) is 1. The Hall–Kier alpha value is -0.850. The predicted octanol–water partition coefficient (Wildman–Crippen LogP) is 1.25. The number of rotatable bonds is 11. The topological polar surface area (TPSA) is 54.0 Å². The van der Waals surface area contributed by atoms with Crippen LogP contribution in [-0.4, -0.2) is 69.7 Å². The lowest BCUT2D eigenvalue weighted by molar-refractivity contribution is 0.0955. The Morgan fingerprint density at radius 1 is 1.29 bits per heavy atom. The summed E-state index contributed by atoms with van der Waals surface area (Å²) >= 11 is 5.96. The average Bonchev–Trinajstić information content (AvgIpc) is 2.45. The Labute approximate surface area is 131 Å². The van der Waals surface area contributed by atoms with Crippen molar-refractivity contribution >= 4 is 11.6 Å². The molecule has 0 fully saturated rings. The van der Waals surface area contributed by atoms with Gasteiger partial charge >= 0.3 is 0 Å². The highest BCUT2D eigenvalue weighted by Crippen LogP contribution is 2.22. The highest BCUT2D eigenvalue weighted by molar-refractivity contribution is 6.32. The van der Waals surface area contributed by atoms with Crippen molar-refractivity contribution in [1.29, 1.82) is 0 Å². The van der Waals surface area contributed by atoms with Crippen molar-refractivity contribution in [1.82, 2.24) is 10.2 Å². The van der Waals surface area contributed by atoms with E-state index in [0.29, 0.717) is 37.1 Å². The second-order valence-electron chi connectivity index (χ2n) is 5.02. The summed E-state index contributed by atoms with van der Waals surface area (Å²) < 4.78 is 10.9. The molecule has 0 heterocycles. The Balaban J connectivity index is 2.01. The second kappa shape index (κ2) is 10.8. The molecule has 0 saturated heterocycles. The van der Waals surface area contributed by atoms with Crippen LogP contribution in [0.15, 0.2) is 24.3 Å². The molecule has 0 aliphatic rings. The van der Waals surface area contributed by atoms with Crippen LogP contribution in [0.3, 0.4) is 0 Å². The van der Waals surface area contributed by atoms with E-state index in [9.17, 15) is 5.11 Å². The number of ether oxygens (including phenoxy) is 2. The number of benzene rings is 1. The van der Waals surface area contributed by atoms with Crippen molar-refractivity contribution in [3.05, 3.63) is 29.3 Å². The lowest BCUT2D eigenvalue weighted by Crippen LogP contribution is -2.33. The molecule has 0 saturated carbocycles. The van der Waals surface area contributed by atoms with Crippen LogP contribution in [0.5, 0.6) is 5.75 Å². The molecule has 0 aliphatic carbocycles. The number of aliphatic hydroxyl groups is 1. The van der Waals surface area contributed by atoms with E-state index in [4.69, 9.17) is 21.1 Å². The van der Waals surface area contributed by atoms with Crippen LogP contribution < -0.4 is 10.1 Å². The Kier molecular flexibility index (Phi) is 9.37. The van der Waals surface area contributed by atoms with E-state index in [1.165, 1.54) is 0 Å². The van der Waals surface area contributed by atoms with Gasteiger partial charge in [-0.05, 0) is 26.2 Å². The lowest BCUT2D eigenvalue weighted by atomic mass is 10.3. The van der Waals surface area contributed by atoms with E-state index < -0.39 is 6.10 Å². The highest BCUT2D eigenvalue weighted by Gasteiger charge is 2.06. The van der Waals surface area contributed by atoms with Gasteiger partial charge in [-0.2, -0.15) is 0 Å². The smallest absolute Gasteiger partial charge is 0.138 e. The Bertz CT molecular complexity index is 391. The fourth-order valence-corrected chi connectivity index (χ4v) is 1.76. The number of para-hydroxylation sites is 1. The van der Waals surface area contributed by atoms with Crippen LogP contribution in [-0.2, 0) is 4.74 Å². The van der Waals surface area contributed by atoms with Crippen molar-refractivity contribution in [3.8, 4) is 5.75 Å². The zero-order valence-corrected chi connectivity index (χ0v) is 13.5. The molecule has 0 aliphatic heterocycles. The number of aliphatic hydroxyl groups excluding tert-OH is 1. The van der Waals surface area contributed by atoms with Crippen LogP contribution in [0.25, 0.3) is 0 Å². The molecule has 2 N–H and O–H groups in total. The Morgan fingerprint density at radius 3 is 2.76 bits per heavy atom. The number of likely N-dealkylation sites (N-methyl/N-ethyl adjacent to an activating group) is 1. The van der Waals surface area contributed by atoms with Gasteiger partial charge in [0.2, 0.25) is 0 Å². The third-order valence-corrected chi connectivity index (χ3v) is 3.07. The predicted molar refractivity (Wildman–Crippen MR) is 85.2 cm³/mol. The quantitative estimate of drug-likeness (QED) is 0.602. The lowest BCUT2D eigenvalue weighted by Gasteiger charge is -2.14. The minimum absolute atomic E-state index is 0.207. The zero-order valence-electron chi connectivity index (χ0n) is 12.7. The standard InChI is InChI=1S/C15H25ClN2O3/c1-18(2)8-10-20-9-7-17-11-13(19)12-21-15-6-4-3-5-14(15)16/h3-6,13,17,19H,7-12H2,1-2H3. The number of halogens is 1. The van der Waals surface area contributed by atoms with E-state index in [1.54, 1.807) is 12.1 Å². The summed E-state index contributed by atoms with van der Waals surface area (Å²) in [4.78, 5) is 2.07. The fraction of sp³-hybridized carbons (Fsp3) is 0.600. The maximum atomic E-state index is 9.80. The van der Waals surface area contributed by atoms with Crippen LogP contribution in [0.1, 0.15) is 0 Å². The van der Waals surface area contributed by atoms with Crippen molar-refractivity contribution < 1.29 is 14.6 Å². The molecule has 1 aromatic carbocycles. The van der Waals surface area contributed by atoms with Gasteiger partial charge in [0, 0.05) is 19.6 Å². The molecule has 1 atom stereocenters. The first-order valence-corrected chi connectivity index (χ1v) is 7.46. The summed E-state index contributed by atoms with van der Waals surface area (Å²) in [5.41, 5.74) is 0. The van der Waals surface area contributed by atoms with E-state index >= 15 is 0 Å². The normalized spacial score (nSPS) is 12.6. The van der Waals surface area contributed by atoms with Gasteiger partial charge < -0.3 is 24.8 Å². The maximum absolute atomic E-state index is 9.80. The number of hydrogen-bond acceptors (Lipinski definition) is 5. The van der Waals surface area contributed by atoms with Gasteiger partial charge in [0.15, 0.2) is 0 Å². The summed E-state index contributed by atoms with van der Waals surface area (Å²) in [5, 5.41) is 13.5. The minimum Gasteiger partial charge on any atom is -0.489 e. The maximum Gasteiger partial charge on any atom is 0.138 e. The van der Waals surface area contributed by atoms with Gasteiger partial charge in [-0.3, -0.25) is 0 Å². The van der Waals surface area contributed by atoms with Crippen molar-refractivity contribution in [3.63, 3.8) is 0 Å². The fourth-order valence-electron chi connectivity index (χ4n) is 1.57. The largest absolute Gasteiger partial charge is 0.489 e. The first kappa shape index (κ1) is 18.2. The van der Waals surface area contributed by atoms with E-state index in [2.05, 4.69) is 10.2 Å². The average molecular weight is 317 g/mol. The van der Waals surface area contributed by atoms with Crippen molar-refractivity contribution in [2.75, 3.05) is 53.6 Å². The van der Waals surface area contributed by atoms with Crippen LogP contribution in [0, 0.1) is 0 Å². The van der Waals surface area contributed by atoms with Crippen LogP contribution in [0.4, 0.5) is 0 Å². The third kappa shape index (κ3) is 8.90. The SMILES string of the molecule is CN(C)CCOCCNCC(O)COc1ccccc1Cl. The first-order valence-electron chi connectivity index (χ1n) is 7.08. The summed E-state index contributed by atoms with van der Waals surface area (Å²) in [7, 11) is 4.02.